The second-order valence-electron chi connectivity index (χ2n) is 2.71. The smallest absolute Gasteiger partial charge is 0.0726 e. The molecule has 1 nitrogen and oxygen atoms in total. The van der Waals surface area contributed by atoms with E-state index >= 15 is 0 Å². The van der Waals surface area contributed by atoms with Crippen molar-refractivity contribution >= 4 is 75.0 Å². The van der Waals surface area contributed by atoms with E-state index in [0.29, 0.717) is 0 Å². The number of nitrogens with one attached hydrogen (secondary N) is 1. The summed E-state index contributed by atoms with van der Waals surface area (Å²) in [4.78, 5) is 3.38. The van der Waals surface area contributed by atoms with Crippen molar-refractivity contribution in [3.8, 4) is 0 Å². The molecule has 0 aliphatic rings. The Labute approximate surface area is 99.0 Å². The number of aromatic amines is 1. The summed E-state index contributed by atoms with van der Waals surface area (Å²) in [6, 6.07) is 4.25. The van der Waals surface area contributed by atoms with Crippen molar-refractivity contribution in [1.82, 2.24) is 4.98 Å². The monoisotopic (exact) mass is 335 g/mol. The van der Waals surface area contributed by atoms with Crippen LogP contribution in [-0.2, 0) is 0 Å². The van der Waals surface area contributed by atoms with E-state index < -0.39 is 0 Å². The molecule has 0 saturated heterocycles. The van der Waals surface area contributed by atoms with Gasteiger partial charge in [-0.15, -0.1) is 22.7 Å². The molecule has 0 aliphatic heterocycles. The van der Waals surface area contributed by atoms with E-state index in [0.717, 1.165) is 0 Å². The second-order valence-corrected chi connectivity index (χ2v) is 7.57. The van der Waals surface area contributed by atoms with Crippen molar-refractivity contribution in [2.45, 2.75) is 0 Å². The molecule has 1 N–H and O–H groups in total. The van der Waals surface area contributed by atoms with Gasteiger partial charge in [-0.2, -0.15) is 0 Å². The van der Waals surface area contributed by atoms with Crippen LogP contribution in [0.3, 0.4) is 0 Å². The van der Waals surface area contributed by atoms with Crippen LogP contribution in [0.15, 0.2) is 19.7 Å². The lowest BCUT2D eigenvalue weighted by atomic mass is 10.5. The van der Waals surface area contributed by atoms with Crippen LogP contribution in [0.2, 0.25) is 0 Å². The quantitative estimate of drug-likeness (QED) is 0.596. The molecule has 0 atom stereocenters. The van der Waals surface area contributed by atoms with Gasteiger partial charge in [-0.05, 0) is 44.0 Å². The first kappa shape index (κ1) is 8.47. The van der Waals surface area contributed by atoms with Crippen LogP contribution < -0.4 is 0 Å². The number of H-pyrrole nitrogens is 1. The number of fused-ring (bicyclic) bond motifs is 3. The maximum Gasteiger partial charge on any atom is 0.0726 e. The fraction of sp³-hybridized carbons (Fsp3) is 0. The second kappa shape index (κ2) is 2.82. The van der Waals surface area contributed by atoms with E-state index in [1.165, 1.54) is 28.0 Å². The third-order valence-corrected chi connectivity index (χ3v) is 5.32. The summed E-state index contributed by atoms with van der Waals surface area (Å²) in [5.41, 5.74) is 2.45. The Balaban J connectivity index is 2.56. The van der Waals surface area contributed by atoms with Crippen LogP contribution in [0.4, 0.5) is 0 Å². The lowest BCUT2D eigenvalue weighted by Gasteiger charge is -1.74. The molecule has 3 heterocycles. The molecular formula is C8H3Br2NS2. The van der Waals surface area contributed by atoms with Crippen molar-refractivity contribution in [2.24, 2.45) is 0 Å². The number of thiophene rings is 2. The van der Waals surface area contributed by atoms with E-state index in [1.54, 1.807) is 22.7 Å². The van der Waals surface area contributed by atoms with Crippen LogP contribution >= 0.6 is 54.5 Å². The standard InChI is InChI=1S/C8H3Br2NS2/c9-5-1-3-7(12-5)8-4(11-3)2-6(10)13-8/h1-2,11H. The van der Waals surface area contributed by atoms with Crippen LogP contribution in [0.25, 0.3) is 20.4 Å². The largest absolute Gasteiger partial charge is 0.353 e. The van der Waals surface area contributed by atoms with Crippen LogP contribution in [0.5, 0.6) is 0 Å². The van der Waals surface area contributed by atoms with Gasteiger partial charge in [0.2, 0.25) is 0 Å². The van der Waals surface area contributed by atoms with E-state index in [1.807, 2.05) is 0 Å². The van der Waals surface area contributed by atoms with E-state index in [4.69, 9.17) is 0 Å². The number of halogens is 2. The van der Waals surface area contributed by atoms with Gasteiger partial charge in [0.25, 0.3) is 0 Å². The first-order valence-electron chi connectivity index (χ1n) is 3.60. The zero-order valence-corrected chi connectivity index (χ0v) is 11.0. The van der Waals surface area contributed by atoms with Gasteiger partial charge in [0.1, 0.15) is 0 Å². The fourth-order valence-corrected chi connectivity index (χ4v) is 4.66. The Morgan fingerprint density at radius 1 is 0.923 bits per heavy atom. The van der Waals surface area contributed by atoms with Gasteiger partial charge < -0.3 is 4.98 Å². The van der Waals surface area contributed by atoms with Crippen LogP contribution in [0.1, 0.15) is 0 Å². The van der Waals surface area contributed by atoms with Gasteiger partial charge in [0.05, 0.1) is 28.0 Å². The Morgan fingerprint density at radius 3 is 1.85 bits per heavy atom. The summed E-state index contributed by atoms with van der Waals surface area (Å²) in [5.74, 6) is 0. The molecule has 0 aromatic carbocycles. The summed E-state index contributed by atoms with van der Waals surface area (Å²) >= 11 is 10.5. The Hall–Kier alpha value is 0.160. The fourth-order valence-electron chi connectivity index (χ4n) is 1.39. The predicted octanol–water partition coefficient (Wildman–Crippen LogP) is 4.97. The molecule has 0 fully saturated rings. The molecule has 0 amide bonds. The maximum atomic E-state index is 3.49. The zero-order valence-electron chi connectivity index (χ0n) is 6.23. The maximum absolute atomic E-state index is 3.49. The Kier molecular flexibility index (Phi) is 1.84. The summed E-state index contributed by atoms with van der Waals surface area (Å²) in [5, 5.41) is 0. The predicted molar refractivity (Wildman–Crippen MR) is 67.0 cm³/mol. The molecule has 0 aliphatic carbocycles. The molecule has 13 heavy (non-hydrogen) atoms. The third-order valence-electron chi connectivity index (χ3n) is 1.88. The number of hydrogen-bond acceptors (Lipinski definition) is 2. The average molecular weight is 337 g/mol. The normalized spacial score (nSPS) is 11.8. The minimum atomic E-state index is 1.18. The first-order valence-corrected chi connectivity index (χ1v) is 6.82. The SMILES string of the molecule is Brc1cc2[nH]c3cc(Br)sc3c2s1. The molecule has 3 rings (SSSR count). The first-order chi connectivity index (χ1) is 6.24. The topological polar surface area (TPSA) is 15.8 Å². The highest BCUT2D eigenvalue weighted by Gasteiger charge is 2.10. The molecule has 66 valence electrons. The molecule has 0 saturated carbocycles. The van der Waals surface area contributed by atoms with Crippen molar-refractivity contribution < 1.29 is 0 Å². The molecule has 5 heteroatoms. The van der Waals surface area contributed by atoms with Crippen molar-refractivity contribution in [3.05, 3.63) is 19.7 Å². The van der Waals surface area contributed by atoms with Crippen molar-refractivity contribution in [3.63, 3.8) is 0 Å². The van der Waals surface area contributed by atoms with Crippen LogP contribution in [-0.4, -0.2) is 4.98 Å². The summed E-state index contributed by atoms with van der Waals surface area (Å²) in [6.45, 7) is 0. The summed E-state index contributed by atoms with van der Waals surface area (Å²) < 4.78 is 5.05. The lowest BCUT2D eigenvalue weighted by Crippen LogP contribution is -1.57. The zero-order chi connectivity index (χ0) is 9.00. The van der Waals surface area contributed by atoms with Gasteiger partial charge in [-0.25, -0.2) is 0 Å². The highest BCUT2D eigenvalue weighted by Crippen LogP contribution is 2.40. The average Bonchev–Trinajstić information content (AvgIpc) is 2.60. The molecule has 0 radical (unpaired) electrons. The molecule has 3 aromatic rings. The molecule has 0 unspecified atom stereocenters. The molecule has 0 spiro atoms. The highest BCUT2D eigenvalue weighted by atomic mass is 79.9. The van der Waals surface area contributed by atoms with Crippen molar-refractivity contribution in [2.75, 3.05) is 0 Å². The summed E-state index contributed by atoms with van der Waals surface area (Å²) in [7, 11) is 0. The van der Waals surface area contributed by atoms with E-state index in [9.17, 15) is 0 Å². The summed E-state index contributed by atoms with van der Waals surface area (Å²) in [6.07, 6.45) is 0. The van der Waals surface area contributed by atoms with Gasteiger partial charge in [0, 0.05) is 0 Å². The third kappa shape index (κ3) is 1.21. The number of rotatable bonds is 0. The highest BCUT2D eigenvalue weighted by molar-refractivity contribution is 9.11. The van der Waals surface area contributed by atoms with E-state index in [-0.39, 0.29) is 0 Å². The number of hydrogen-bond donors (Lipinski definition) is 1. The minimum Gasteiger partial charge on any atom is -0.353 e. The van der Waals surface area contributed by atoms with Crippen LogP contribution in [0, 0.1) is 0 Å². The van der Waals surface area contributed by atoms with E-state index in [2.05, 4.69) is 49.0 Å². The van der Waals surface area contributed by atoms with Gasteiger partial charge in [-0.3, -0.25) is 0 Å². The molecule has 3 aromatic heterocycles. The van der Waals surface area contributed by atoms with Gasteiger partial charge in [0.15, 0.2) is 0 Å². The Bertz CT molecular complexity index is 539. The van der Waals surface area contributed by atoms with Crippen molar-refractivity contribution in [1.29, 1.82) is 0 Å². The van der Waals surface area contributed by atoms with Gasteiger partial charge >= 0.3 is 0 Å². The lowest BCUT2D eigenvalue weighted by molar-refractivity contribution is 1.57. The minimum absolute atomic E-state index is 1.18. The molecular weight excluding hydrogens is 334 g/mol. The molecule has 0 bridgehead atoms. The number of aromatic nitrogens is 1. The Morgan fingerprint density at radius 2 is 1.38 bits per heavy atom. The van der Waals surface area contributed by atoms with Gasteiger partial charge in [-0.1, -0.05) is 0 Å².